The summed E-state index contributed by atoms with van der Waals surface area (Å²) in [6.07, 6.45) is 0. The Morgan fingerprint density at radius 3 is 2.22 bits per heavy atom. The summed E-state index contributed by atoms with van der Waals surface area (Å²) in [4.78, 5) is 20.5. The van der Waals surface area contributed by atoms with Crippen LogP contribution < -0.4 is 0 Å². The van der Waals surface area contributed by atoms with Gasteiger partial charge in [-0.2, -0.15) is 12.6 Å². The van der Waals surface area contributed by atoms with Gasteiger partial charge in [0.15, 0.2) is 5.25 Å². The first kappa shape index (κ1) is 8.78. The van der Waals surface area contributed by atoms with Crippen LogP contribution in [-0.4, -0.2) is 23.6 Å². The maximum absolute atomic E-state index is 10.3. The van der Waals surface area contributed by atoms with Gasteiger partial charge in [-0.1, -0.05) is 0 Å². The van der Waals surface area contributed by atoms with Crippen molar-refractivity contribution in [2.24, 2.45) is 0 Å². The van der Waals surface area contributed by atoms with Crippen molar-refractivity contribution >= 4 is 35.4 Å². The molecule has 0 saturated heterocycles. The molecule has 0 rings (SSSR count). The van der Waals surface area contributed by atoms with E-state index in [1.54, 1.807) is 0 Å². The van der Waals surface area contributed by atoms with Gasteiger partial charge < -0.3 is 4.74 Å². The molecule has 0 aliphatic rings. The van der Waals surface area contributed by atoms with Gasteiger partial charge in [0.2, 0.25) is 5.24 Å². The predicted molar refractivity (Wildman–Crippen MR) is 35.7 cm³/mol. The number of ether oxygens (including phenoxy) is 1. The lowest BCUT2D eigenvalue weighted by atomic mass is 10.5. The number of halogens is 1. The Labute approximate surface area is 62.7 Å². The number of thiol groups is 1. The molecule has 0 aromatic heterocycles. The third kappa shape index (κ3) is 2.72. The van der Waals surface area contributed by atoms with Gasteiger partial charge in [0.05, 0.1) is 7.11 Å². The minimum Gasteiger partial charge on any atom is -0.468 e. The molecule has 1 unspecified atom stereocenters. The zero-order valence-corrected chi connectivity index (χ0v) is 6.28. The van der Waals surface area contributed by atoms with Crippen molar-refractivity contribution < 1.29 is 14.3 Å². The standard InChI is InChI=1S/C4H5ClO3S/c1-8-4(7)2(9)3(5)6/h2,9H,1H3. The molecule has 0 saturated carbocycles. The zero-order valence-electron chi connectivity index (χ0n) is 4.63. The maximum Gasteiger partial charge on any atom is 0.327 e. The summed E-state index contributed by atoms with van der Waals surface area (Å²) in [6, 6.07) is 0. The van der Waals surface area contributed by atoms with Gasteiger partial charge in [-0.25, -0.2) is 0 Å². The van der Waals surface area contributed by atoms with E-state index in [1.165, 1.54) is 0 Å². The first-order valence-electron chi connectivity index (χ1n) is 2.05. The number of carbonyl (C=O) groups excluding carboxylic acids is 2. The number of carbonyl (C=O) groups is 2. The fraction of sp³-hybridized carbons (Fsp3) is 0.500. The first-order chi connectivity index (χ1) is 4.09. The Morgan fingerprint density at radius 1 is 1.67 bits per heavy atom. The van der Waals surface area contributed by atoms with Gasteiger partial charge in [0.1, 0.15) is 0 Å². The Hall–Kier alpha value is -0.220. The predicted octanol–water partition coefficient (Wildman–Crippen LogP) is 0.223. The van der Waals surface area contributed by atoms with Crippen molar-refractivity contribution in [1.29, 1.82) is 0 Å². The van der Waals surface area contributed by atoms with Gasteiger partial charge in [-0.15, -0.1) is 0 Å². The molecule has 0 bridgehead atoms. The van der Waals surface area contributed by atoms with Crippen LogP contribution in [0, 0.1) is 0 Å². The molecule has 0 N–H and O–H groups in total. The van der Waals surface area contributed by atoms with E-state index < -0.39 is 16.5 Å². The minimum absolute atomic E-state index is 0.738. The lowest BCUT2D eigenvalue weighted by Crippen LogP contribution is -2.21. The van der Waals surface area contributed by atoms with E-state index in [0.717, 1.165) is 7.11 Å². The lowest BCUT2D eigenvalue weighted by molar-refractivity contribution is -0.141. The summed E-state index contributed by atoms with van der Waals surface area (Å²) in [6.45, 7) is 0. The second kappa shape index (κ2) is 3.74. The number of hydrogen-bond donors (Lipinski definition) is 1. The fourth-order valence-corrected chi connectivity index (χ4v) is 0.399. The number of methoxy groups -OCH3 is 1. The second-order valence-electron chi connectivity index (χ2n) is 1.23. The first-order valence-corrected chi connectivity index (χ1v) is 2.94. The third-order valence-corrected chi connectivity index (χ3v) is 1.46. The second-order valence-corrected chi connectivity index (χ2v) is 2.12. The Bertz CT molecular complexity index is 136. The van der Waals surface area contributed by atoms with E-state index in [2.05, 4.69) is 17.4 Å². The summed E-state index contributed by atoms with van der Waals surface area (Å²) in [7, 11) is 1.16. The molecule has 0 spiro atoms. The van der Waals surface area contributed by atoms with Crippen molar-refractivity contribution in [2.45, 2.75) is 5.25 Å². The summed E-state index contributed by atoms with van der Waals surface area (Å²) in [5.41, 5.74) is 0. The van der Waals surface area contributed by atoms with Gasteiger partial charge in [0, 0.05) is 0 Å². The van der Waals surface area contributed by atoms with Crippen LogP contribution in [0.2, 0.25) is 0 Å². The largest absolute Gasteiger partial charge is 0.468 e. The summed E-state index contributed by atoms with van der Waals surface area (Å²) in [5, 5.41) is -1.98. The molecule has 0 aromatic carbocycles. The van der Waals surface area contributed by atoms with Crippen LogP contribution in [-0.2, 0) is 14.3 Å². The highest BCUT2D eigenvalue weighted by Crippen LogP contribution is 2.01. The molecule has 5 heteroatoms. The molecule has 1 atom stereocenters. The number of rotatable bonds is 2. The van der Waals surface area contributed by atoms with E-state index in [0.29, 0.717) is 0 Å². The van der Waals surface area contributed by atoms with E-state index in [-0.39, 0.29) is 0 Å². The van der Waals surface area contributed by atoms with Gasteiger partial charge in [-0.05, 0) is 11.6 Å². The monoisotopic (exact) mass is 168 g/mol. The van der Waals surface area contributed by atoms with Gasteiger partial charge in [0.25, 0.3) is 0 Å². The highest BCUT2D eigenvalue weighted by Gasteiger charge is 2.20. The topological polar surface area (TPSA) is 43.4 Å². The van der Waals surface area contributed by atoms with Crippen molar-refractivity contribution in [1.82, 2.24) is 0 Å². The van der Waals surface area contributed by atoms with Crippen LogP contribution in [0.4, 0.5) is 0 Å². The Morgan fingerprint density at radius 2 is 2.11 bits per heavy atom. The molecular weight excluding hydrogens is 164 g/mol. The molecule has 0 aliphatic carbocycles. The minimum atomic E-state index is -1.16. The molecule has 9 heavy (non-hydrogen) atoms. The van der Waals surface area contributed by atoms with Gasteiger partial charge in [-0.3, -0.25) is 9.59 Å². The smallest absolute Gasteiger partial charge is 0.327 e. The van der Waals surface area contributed by atoms with Crippen LogP contribution >= 0.6 is 24.2 Å². The van der Waals surface area contributed by atoms with Crippen molar-refractivity contribution in [3.05, 3.63) is 0 Å². The summed E-state index contributed by atoms with van der Waals surface area (Å²) in [5.74, 6) is -0.738. The highest BCUT2D eigenvalue weighted by molar-refractivity contribution is 7.83. The highest BCUT2D eigenvalue weighted by atomic mass is 35.5. The van der Waals surface area contributed by atoms with Crippen molar-refractivity contribution in [2.75, 3.05) is 7.11 Å². The normalized spacial score (nSPS) is 12.3. The van der Waals surface area contributed by atoms with Crippen LogP contribution in [0.1, 0.15) is 0 Å². The molecule has 52 valence electrons. The number of hydrogen-bond acceptors (Lipinski definition) is 4. The lowest BCUT2D eigenvalue weighted by Gasteiger charge is -1.99. The molecular formula is C4H5ClO3S. The molecule has 0 fully saturated rings. The van der Waals surface area contributed by atoms with E-state index in [4.69, 9.17) is 11.6 Å². The van der Waals surface area contributed by atoms with Crippen LogP contribution in [0.3, 0.4) is 0 Å². The summed E-state index contributed by atoms with van der Waals surface area (Å²) < 4.78 is 4.15. The molecule has 0 radical (unpaired) electrons. The molecule has 0 heterocycles. The quantitative estimate of drug-likeness (QED) is 0.278. The molecule has 0 aliphatic heterocycles. The summed E-state index contributed by atoms with van der Waals surface area (Å²) >= 11 is 8.43. The van der Waals surface area contributed by atoms with Crippen LogP contribution in [0.25, 0.3) is 0 Å². The van der Waals surface area contributed by atoms with Gasteiger partial charge >= 0.3 is 5.97 Å². The Balaban J connectivity index is 3.88. The van der Waals surface area contributed by atoms with E-state index in [1.807, 2.05) is 0 Å². The molecule has 0 aromatic rings. The Kier molecular flexibility index (Phi) is 3.65. The SMILES string of the molecule is COC(=O)C(S)C(=O)Cl. The van der Waals surface area contributed by atoms with E-state index >= 15 is 0 Å². The number of esters is 1. The zero-order chi connectivity index (χ0) is 7.44. The fourth-order valence-electron chi connectivity index (χ4n) is 0.204. The average molecular weight is 169 g/mol. The molecule has 0 amide bonds. The average Bonchev–Trinajstić information content (AvgIpc) is 1.84. The van der Waals surface area contributed by atoms with Crippen LogP contribution in [0.15, 0.2) is 0 Å². The van der Waals surface area contributed by atoms with Crippen molar-refractivity contribution in [3.63, 3.8) is 0 Å². The third-order valence-electron chi connectivity index (χ3n) is 0.639. The van der Waals surface area contributed by atoms with E-state index in [9.17, 15) is 9.59 Å². The maximum atomic E-state index is 10.3. The van der Waals surface area contributed by atoms with Crippen LogP contribution in [0.5, 0.6) is 0 Å². The molecule has 3 nitrogen and oxygen atoms in total. The van der Waals surface area contributed by atoms with Crippen molar-refractivity contribution in [3.8, 4) is 0 Å².